The molecule has 0 aromatic heterocycles. The van der Waals surface area contributed by atoms with Crippen molar-refractivity contribution >= 4 is 11.9 Å². The van der Waals surface area contributed by atoms with Crippen molar-refractivity contribution in [3.8, 4) is 0 Å². The molecular weight excluding hydrogens is 644 g/mol. The second kappa shape index (κ2) is 32.9. The molecule has 0 spiro atoms. The maximum atomic E-state index is 12.1. The first-order chi connectivity index (χ1) is 24.8. The number of carbonyl (C=O) groups excluding carboxylic acids is 2. The maximum absolute atomic E-state index is 12.1. The highest BCUT2D eigenvalue weighted by molar-refractivity contribution is 5.69. The fraction of sp³-hybridized carbons (Fsp3) is 0.860. The summed E-state index contributed by atoms with van der Waals surface area (Å²) in [5.74, 6) is -1.05. The van der Waals surface area contributed by atoms with E-state index < -0.39 is 30.4 Å². The van der Waals surface area contributed by atoms with Gasteiger partial charge in [0.1, 0.15) is 19.3 Å². The monoisotopic (exact) mass is 723 g/mol. The van der Waals surface area contributed by atoms with Crippen molar-refractivity contribution in [2.75, 3.05) is 13.2 Å². The van der Waals surface area contributed by atoms with E-state index in [1.54, 1.807) is 6.08 Å². The quantitative estimate of drug-likeness (QED) is 0.0293. The van der Waals surface area contributed by atoms with Crippen molar-refractivity contribution < 1.29 is 39.5 Å². The Morgan fingerprint density at radius 1 is 0.627 bits per heavy atom. The summed E-state index contributed by atoms with van der Waals surface area (Å²) < 4.78 is 10.3. The number of unbranched alkanes of at least 4 members (excludes halogenated alkanes) is 19. The Bertz CT molecular complexity index is 889. The summed E-state index contributed by atoms with van der Waals surface area (Å²) in [7, 11) is 0. The van der Waals surface area contributed by atoms with Crippen LogP contribution in [0.15, 0.2) is 24.3 Å². The van der Waals surface area contributed by atoms with Crippen molar-refractivity contribution in [1.29, 1.82) is 0 Å². The van der Waals surface area contributed by atoms with Crippen LogP contribution in [0.4, 0.5) is 0 Å². The molecule has 8 heteroatoms. The number of hydrogen-bond acceptors (Lipinski definition) is 8. The first-order valence-corrected chi connectivity index (χ1v) is 21.1. The maximum Gasteiger partial charge on any atom is 0.305 e. The van der Waals surface area contributed by atoms with Crippen LogP contribution in [0.25, 0.3) is 0 Å². The van der Waals surface area contributed by atoms with E-state index >= 15 is 0 Å². The number of ether oxygens (including phenoxy) is 2. The molecule has 0 heterocycles. The minimum absolute atomic E-state index is 0.116. The molecule has 1 fully saturated rings. The van der Waals surface area contributed by atoms with Gasteiger partial charge in [0.15, 0.2) is 0 Å². The van der Waals surface area contributed by atoms with E-state index in [1.807, 2.05) is 18.2 Å². The second-order valence-corrected chi connectivity index (χ2v) is 15.1. The molecule has 0 aromatic rings. The van der Waals surface area contributed by atoms with Gasteiger partial charge in [0.05, 0.1) is 18.3 Å². The second-order valence-electron chi connectivity index (χ2n) is 15.1. The van der Waals surface area contributed by atoms with Crippen molar-refractivity contribution in [2.45, 2.75) is 212 Å². The van der Waals surface area contributed by atoms with Crippen LogP contribution in [0.1, 0.15) is 187 Å². The Hall–Kier alpha value is -1.74. The average molecular weight is 723 g/mol. The van der Waals surface area contributed by atoms with Gasteiger partial charge in [0.25, 0.3) is 0 Å². The Morgan fingerprint density at radius 3 is 1.63 bits per heavy atom. The molecule has 0 saturated heterocycles. The summed E-state index contributed by atoms with van der Waals surface area (Å²) >= 11 is 0. The van der Waals surface area contributed by atoms with Gasteiger partial charge in [-0.15, -0.1) is 0 Å². The first-order valence-electron chi connectivity index (χ1n) is 21.1. The van der Waals surface area contributed by atoms with Gasteiger partial charge in [-0.05, 0) is 38.0 Å². The van der Waals surface area contributed by atoms with E-state index in [0.717, 1.165) is 38.5 Å². The van der Waals surface area contributed by atoms with E-state index in [1.165, 1.54) is 89.9 Å². The van der Waals surface area contributed by atoms with Crippen LogP contribution in [0, 0.1) is 11.8 Å². The Kier molecular flexibility index (Phi) is 30.5. The highest BCUT2D eigenvalue weighted by Gasteiger charge is 2.39. The molecule has 1 aliphatic rings. The normalized spacial score (nSPS) is 20.4. The Labute approximate surface area is 311 Å². The SMILES string of the molecule is CCCCCCCCCCCCCCCCCCCC(=O)OC[C@@H](O)COC(=O)CCC/C=C/C[C@@H]1[C@@H](/C=C/[C@@H](O)CCCCC)[C@H](O)C[C@@H]1O. The van der Waals surface area contributed by atoms with Crippen molar-refractivity contribution in [2.24, 2.45) is 11.8 Å². The smallest absolute Gasteiger partial charge is 0.305 e. The number of aliphatic hydroxyl groups excluding tert-OH is 4. The molecule has 298 valence electrons. The van der Waals surface area contributed by atoms with Crippen LogP contribution < -0.4 is 0 Å². The van der Waals surface area contributed by atoms with Gasteiger partial charge in [-0.3, -0.25) is 9.59 Å². The molecule has 0 aromatic carbocycles. The number of rotatable bonds is 34. The summed E-state index contributed by atoms with van der Waals surface area (Å²) in [6.45, 7) is 4.01. The lowest BCUT2D eigenvalue weighted by molar-refractivity contribution is -0.152. The molecule has 51 heavy (non-hydrogen) atoms. The number of aliphatic hydroxyl groups is 4. The van der Waals surface area contributed by atoms with Crippen molar-refractivity contribution in [1.82, 2.24) is 0 Å². The number of carbonyl (C=O) groups is 2. The van der Waals surface area contributed by atoms with Crippen LogP contribution >= 0.6 is 0 Å². The lowest BCUT2D eigenvalue weighted by Gasteiger charge is -2.19. The number of hydrogen-bond donors (Lipinski definition) is 4. The molecule has 0 amide bonds. The summed E-state index contributed by atoms with van der Waals surface area (Å²) in [4.78, 5) is 24.1. The predicted molar refractivity (Wildman–Crippen MR) is 207 cm³/mol. The van der Waals surface area contributed by atoms with Gasteiger partial charge in [-0.2, -0.15) is 0 Å². The summed E-state index contributed by atoms with van der Waals surface area (Å²) in [6, 6.07) is 0. The fourth-order valence-electron chi connectivity index (χ4n) is 6.96. The molecule has 0 aliphatic heterocycles. The summed E-state index contributed by atoms with van der Waals surface area (Å²) in [5.41, 5.74) is 0. The van der Waals surface area contributed by atoms with Gasteiger partial charge < -0.3 is 29.9 Å². The van der Waals surface area contributed by atoms with Crippen molar-refractivity contribution in [3.05, 3.63) is 24.3 Å². The zero-order valence-corrected chi connectivity index (χ0v) is 32.7. The molecule has 0 bridgehead atoms. The Balaban J connectivity index is 2.00. The van der Waals surface area contributed by atoms with E-state index in [2.05, 4.69) is 13.8 Å². The van der Waals surface area contributed by atoms with Gasteiger partial charge in [0.2, 0.25) is 0 Å². The molecule has 8 nitrogen and oxygen atoms in total. The third-order valence-corrected chi connectivity index (χ3v) is 10.3. The minimum atomic E-state index is -1.04. The highest BCUT2D eigenvalue weighted by Crippen LogP contribution is 2.36. The standard InChI is InChI=1S/C43H78O8/c1-3-5-7-8-9-10-11-12-13-14-15-16-17-18-19-20-25-29-42(48)50-34-37(45)35-51-43(49)30-26-22-21-24-28-38-39(41(47)33-40(38)46)32-31-36(44)27-23-6-4-2/h21,24,31-32,36-41,44-47H,3-20,22-23,25-30,33-35H2,1-2H3/b24-21+,32-31+/t36-,37+,38+,39+,40-,41+/m0/s1. The number of allylic oxidation sites excluding steroid dienone is 2. The molecule has 1 rings (SSSR count). The van der Waals surface area contributed by atoms with E-state index in [9.17, 15) is 30.0 Å². The predicted octanol–water partition coefficient (Wildman–Crippen LogP) is 9.45. The average Bonchev–Trinajstić information content (AvgIpc) is 3.39. The van der Waals surface area contributed by atoms with Crippen molar-refractivity contribution in [3.63, 3.8) is 0 Å². The minimum Gasteiger partial charge on any atom is -0.463 e. The van der Waals surface area contributed by atoms with Crippen LogP contribution in [-0.2, 0) is 19.1 Å². The first kappa shape index (κ1) is 47.3. The van der Waals surface area contributed by atoms with Crippen LogP contribution in [0.2, 0.25) is 0 Å². The van der Waals surface area contributed by atoms with Gasteiger partial charge in [-0.25, -0.2) is 0 Å². The van der Waals surface area contributed by atoms with E-state index in [0.29, 0.717) is 38.5 Å². The van der Waals surface area contributed by atoms with E-state index in [-0.39, 0.29) is 37.4 Å². The molecule has 6 atom stereocenters. The molecule has 1 saturated carbocycles. The fourth-order valence-corrected chi connectivity index (χ4v) is 6.96. The van der Waals surface area contributed by atoms with Crippen LogP contribution in [0.5, 0.6) is 0 Å². The topological polar surface area (TPSA) is 134 Å². The third kappa shape index (κ3) is 26.6. The van der Waals surface area contributed by atoms with Crippen LogP contribution in [-0.4, -0.2) is 70.0 Å². The molecule has 0 unspecified atom stereocenters. The highest BCUT2D eigenvalue weighted by atomic mass is 16.6. The van der Waals surface area contributed by atoms with E-state index in [4.69, 9.17) is 9.47 Å². The Morgan fingerprint density at radius 2 is 1.10 bits per heavy atom. The molecule has 1 aliphatic carbocycles. The van der Waals surface area contributed by atoms with Gasteiger partial charge >= 0.3 is 11.9 Å². The molecule has 0 radical (unpaired) electrons. The third-order valence-electron chi connectivity index (χ3n) is 10.3. The van der Waals surface area contributed by atoms with Gasteiger partial charge in [-0.1, -0.05) is 160 Å². The number of esters is 2. The lowest BCUT2D eigenvalue weighted by Crippen LogP contribution is -2.25. The van der Waals surface area contributed by atoms with Gasteiger partial charge in [0, 0.05) is 25.2 Å². The molecule has 4 N–H and O–H groups in total. The largest absolute Gasteiger partial charge is 0.463 e. The lowest BCUT2D eigenvalue weighted by atomic mass is 9.89. The summed E-state index contributed by atoms with van der Waals surface area (Å²) in [5, 5.41) is 41.1. The zero-order valence-electron chi connectivity index (χ0n) is 32.7. The molecular formula is C43H78O8. The zero-order chi connectivity index (χ0) is 37.4. The van der Waals surface area contributed by atoms with Crippen LogP contribution in [0.3, 0.4) is 0 Å². The summed E-state index contributed by atoms with van der Waals surface area (Å²) in [6.07, 6.45) is 33.3.